The number of aliphatic imine (C=N–C) groups is 1. The second kappa shape index (κ2) is 11.9. The second-order valence-electron chi connectivity index (χ2n) is 8.53. The summed E-state index contributed by atoms with van der Waals surface area (Å²) in [6.45, 7) is 1.65. The molecule has 0 saturated heterocycles. The van der Waals surface area contributed by atoms with Gasteiger partial charge in [0.05, 0.1) is 16.6 Å². The smallest absolute Gasteiger partial charge is 0.314 e. The van der Waals surface area contributed by atoms with Crippen LogP contribution >= 0.6 is 34.5 Å². The number of amidine groups is 1. The highest BCUT2D eigenvalue weighted by Crippen LogP contribution is 2.30. The molecule has 192 valence electrons. The van der Waals surface area contributed by atoms with Gasteiger partial charge in [0.1, 0.15) is 17.3 Å². The number of carbonyl (C=O) groups is 3. The van der Waals surface area contributed by atoms with Gasteiger partial charge >= 0.3 is 11.8 Å². The van der Waals surface area contributed by atoms with Crippen LogP contribution in [0, 0.1) is 0 Å². The average molecular weight is 553 g/mol. The van der Waals surface area contributed by atoms with Crippen LogP contribution in [0.25, 0.3) is 0 Å². The number of thiophene rings is 1. The molecule has 1 fully saturated rings. The van der Waals surface area contributed by atoms with E-state index < -0.39 is 11.8 Å². The van der Waals surface area contributed by atoms with Gasteiger partial charge in [-0.25, -0.2) is 9.98 Å². The Morgan fingerprint density at radius 2 is 1.89 bits per heavy atom. The maximum Gasteiger partial charge on any atom is 0.314 e. The number of nitrogens with zero attached hydrogens (tertiary/aromatic N) is 3. The lowest BCUT2D eigenvalue weighted by Crippen LogP contribution is -2.54. The van der Waals surface area contributed by atoms with E-state index in [-0.39, 0.29) is 23.8 Å². The maximum absolute atomic E-state index is 13.1. The van der Waals surface area contributed by atoms with Crippen LogP contribution in [-0.2, 0) is 20.9 Å². The Balaban J connectivity index is 1.35. The quantitative estimate of drug-likeness (QED) is 0.473. The van der Waals surface area contributed by atoms with Crippen molar-refractivity contribution in [1.82, 2.24) is 20.5 Å². The number of amides is 3. The van der Waals surface area contributed by atoms with Gasteiger partial charge in [0.15, 0.2) is 0 Å². The molecule has 36 heavy (non-hydrogen) atoms. The first-order valence-corrected chi connectivity index (χ1v) is 13.1. The minimum Gasteiger partial charge on any atom is -0.463 e. The van der Waals surface area contributed by atoms with Crippen LogP contribution in [0.15, 0.2) is 28.7 Å². The van der Waals surface area contributed by atoms with E-state index in [1.54, 1.807) is 6.07 Å². The van der Waals surface area contributed by atoms with Gasteiger partial charge in [-0.2, -0.15) is 0 Å². The molecule has 3 N–H and O–H groups in total. The standard InChI is InChI=1S/C23H26Cl2N6O4S/c1-31(23-26-8-9-35-23)11-13-12-36-19(18(13)25)20(32)28-15-4-2-3-5-16(15)29-21(33)22(34)30-17-7-6-14(24)10-27-17/h6-7,10,12,15-16H,2-5,8-9,11H2,1H3,(H,28,32)(H,29,33)(H,27,30,34)/t15-,16+/m1/s1. The molecule has 0 spiro atoms. The van der Waals surface area contributed by atoms with Crippen molar-refractivity contribution in [3.8, 4) is 0 Å². The number of hydrogen-bond acceptors (Lipinski definition) is 8. The van der Waals surface area contributed by atoms with Gasteiger partial charge in [-0.15, -0.1) is 11.3 Å². The molecule has 2 aliphatic rings. The van der Waals surface area contributed by atoms with E-state index in [0.29, 0.717) is 53.5 Å². The monoisotopic (exact) mass is 552 g/mol. The first kappa shape index (κ1) is 26.2. The summed E-state index contributed by atoms with van der Waals surface area (Å²) in [4.78, 5) is 48.4. The number of pyridine rings is 1. The van der Waals surface area contributed by atoms with E-state index in [1.807, 2.05) is 17.3 Å². The fourth-order valence-corrected chi connectivity index (χ4v) is 5.45. The van der Waals surface area contributed by atoms with Crippen LogP contribution in [0.4, 0.5) is 5.82 Å². The molecule has 4 rings (SSSR count). The van der Waals surface area contributed by atoms with Gasteiger partial charge in [0, 0.05) is 37.4 Å². The van der Waals surface area contributed by atoms with E-state index in [0.717, 1.165) is 18.4 Å². The lowest BCUT2D eigenvalue weighted by molar-refractivity contribution is -0.136. The van der Waals surface area contributed by atoms with Gasteiger partial charge in [0.25, 0.3) is 11.9 Å². The second-order valence-corrected chi connectivity index (χ2v) is 10.2. The zero-order chi connectivity index (χ0) is 25.7. The van der Waals surface area contributed by atoms with Gasteiger partial charge in [0.2, 0.25) is 0 Å². The number of carbonyl (C=O) groups excluding carboxylic acids is 3. The fourth-order valence-electron chi connectivity index (χ4n) is 4.08. The SMILES string of the molecule is CN(Cc1csc(C(=O)N[C@@H]2CCCC[C@@H]2NC(=O)C(=O)Nc2ccc(Cl)cn2)c1Cl)C1=NCCO1. The third-order valence-corrected chi connectivity index (χ3v) is 7.68. The Morgan fingerprint density at radius 1 is 1.14 bits per heavy atom. The highest BCUT2D eigenvalue weighted by molar-refractivity contribution is 7.13. The van der Waals surface area contributed by atoms with Crippen molar-refractivity contribution >= 4 is 64.1 Å². The molecule has 10 nitrogen and oxygen atoms in total. The van der Waals surface area contributed by atoms with E-state index >= 15 is 0 Å². The minimum absolute atomic E-state index is 0.216. The lowest BCUT2D eigenvalue weighted by atomic mass is 9.90. The number of rotatable bonds is 6. The van der Waals surface area contributed by atoms with Crippen molar-refractivity contribution in [2.45, 2.75) is 44.3 Å². The molecule has 3 amide bonds. The van der Waals surface area contributed by atoms with Crippen molar-refractivity contribution in [2.75, 3.05) is 25.5 Å². The van der Waals surface area contributed by atoms with Crippen LogP contribution in [0.3, 0.4) is 0 Å². The predicted octanol–water partition coefficient (Wildman–Crippen LogP) is 3.06. The summed E-state index contributed by atoms with van der Waals surface area (Å²) in [6.07, 6.45) is 4.46. The number of anilines is 1. The first-order chi connectivity index (χ1) is 17.3. The summed E-state index contributed by atoms with van der Waals surface area (Å²) in [5.41, 5.74) is 0.800. The Morgan fingerprint density at radius 3 is 2.56 bits per heavy atom. The molecule has 1 saturated carbocycles. The van der Waals surface area contributed by atoms with Gasteiger partial charge in [-0.1, -0.05) is 36.0 Å². The Labute approximate surface area is 222 Å². The third-order valence-electron chi connectivity index (χ3n) is 5.88. The van der Waals surface area contributed by atoms with Gasteiger partial charge in [-0.05, 0) is 30.4 Å². The first-order valence-electron chi connectivity index (χ1n) is 11.5. The molecule has 2 aromatic rings. The number of ether oxygens (including phenoxy) is 1. The van der Waals surface area contributed by atoms with Crippen LogP contribution in [0.5, 0.6) is 0 Å². The number of aromatic nitrogens is 1. The molecule has 3 heterocycles. The molecule has 0 bridgehead atoms. The Kier molecular flexibility index (Phi) is 8.65. The molecule has 13 heteroatoms. The lowest BCUT2D eigenvalue weighted by Gasteiger charge is -2.32. The summed E-state index contributed by atoms with van der Waals surface area (Å²) in [7, 11) is 1.85. The summed E-state index contributed by atoms with van der Waals surface area (Å²) in [6, 6.07) is 2.90. The molecule has 2 atom stereocenters. The van der Waals surface area contributed by atoms with Crippen molar-refractivity contribution in [3.63, 3.8) is 0 Å². The molecular formula is C23H26Cl2N6O4S. The van der Waals surface area contributed by atoms with Crippen LogP contribution in [-0.4, -0.2) is 65.9 Å². The number of hydrogen-bond donors (Lipinski definition) is 3. The zero-order valence-corrected chi connectivity index (χ0v) is 21.9. The highest BCUT2D eigenvalue weighted by atomic mass is 35.5. The van der Waals surface area contributed by atoms with Crippen LogP contribution < -0.4 is 16.0 Å². The van der Waals surface area contributed by atoms with E-state index in [4.69, 9.17) is 27.9 Å². The summed E-state index contributed by atoms with van der Waals surface area (Å²) < 4.78 is 5.46. The summed E-state index contributed by atoms with van der Waals surface area (Å²) in [5, 5.41) is 10.8. The topological polar surface area (TPSA) is 125 Å². The summed E-state index contributed by atoms with van der Waals surface area (Å²) >= 11 is 13.6. The van der Waals surface area contributed by atoms with Crippen LogP contribution in [0.1, 0.15) is 40.9 Å². The van der Waals surface area contributed by atoms with E-state index in [2.05, 4.69) is 25.9 Å². The number of halogens is 2. The molecule has 0 unspecified atom stereocenters. The molecule has 1 aliphatic heterocycles. The minimum atomic E-state index is -0.841. The van der Waals surface area contributed by atoms with Crippen molar-refractivity contribution in [1.29, 1.82) is 0 Å². The third kappa shape index (κ3) is 6.45. The van der Waals surface area contributed by atoms with Gasteiger partial charge < -0.3 is 25.6 Å². The Bertz CT molecular complexity index is 1160. The normalized spacial score (nSPS) is 19.1. The van der Waals surface area contributed by atoms with Gasteiger partial charge in [-0.3, -0.25) is 14.4 Å². The number of nitrogens with one attached hydrogen (secondary N) is 3. The van der Waals surface area contributed by atoms with Crippen molar-refractivity contribution in [3.05, 3.63) is 44.2 Å². The maximum atomic E-state index is 13.1. The highest BCUT2D eigenvalue weighted by Gasteiger charge is 2.31. The average Bonchev–Trinajstić information content (AvgIpc) is 3.52. The Hall–Kier alpha value is -2.89. The van der Waals surface area contributed by atoms with Crippen molar-refractivity contribution in [2.24, 2.45) is 4.99 Å². The molecule has 0 radical (unpaired) electrons. The zero-order valence-electron chi connectivity index (χ0n) is 19.6. The fraction of sp³-hybridized carbons (Fsp3) is 0.435. The molecular weight excluding hydrogens is 527 g/mol. The van der Waals surface area contributed by atoms with E-state index in [1.165, 1.54) is 23.6 Å². The largest absolute Gasteiger partial charge is 0.463 e. The summed E-state index contributed by atoms with van der Waals surface area (Å²) in [5.74, 6) is -1.73. The van der Waals surface area contributed by atoms with Crippen LogP contribution in [0.2, 0.25) is 10.0 Å². The van der Waals surface area contributed by atoms with Crippen molar-refractivity contribution < 1.29 is 19.1 Å². The molecule has 2 aromatic heterocycles. The molecule has 0 aromatic carbocycles. The molecule has 1 aliphatic carbocycles. The predicted molar refractivity (Wildman–Crippen MR) is 139 cm³/mol. The van der Waals surface area contributed by atoms with E-state index in [9.17, 15) is 14.4 Å².